The first-order chi connectivity index (χ1) is 16.2. The van der Waals surface area contributed by atoms with Crippen molar-refractivity contribution in [3.05, 3.63) is 47.5 Å². The van der Waals surface area contributed by atoms with Gasteiger partial charge < -0.3 is 23.8 Å². The van der Waals surface area contributed by atoms with Crippen LogP contribution in [0.3, 0.4) is 0 Å². The summed E-state index contributed by atoms with van der Waals surface area (Å²) < 4.78 is 47.8. The summed E-state index contributed by atoms with van der Waals surface area (Å²) >= 11 is 0. The maximum atomic E-state index is 12.8. The molecule has 10 nitrogen and oxygen atoms in total. The molecule has 34 heavy (non-hydrogen) atoms. The van der Waals surface area contributed by atoms with Gasteiger partial charge in [0.25, 0.3) is 5.91 Å². The zero-order valence-electron chi connectivity index (χ0n) is 19.6. The Kier molecular flexibility index (Phi) is 8.00. The standard InChI is InChI=1S/C23H28N2O8S/c1-16-5-7-18(8-6-16)34(28,29)25-11-9-24(10-12-25)21(26)15-33-23(27)17-13-19(30-2)22(32-4)20(14-17)31-3/h5-8,13-14H,9-12,15H2,1-4H3. The smallest absolute Gasteiger partial charge is 0.338 e. The topological polar surface area (TPSA) is 112 Å². The summed E-state index contributed by atoms with van der Waals surface area (Å²) in [6, 6.07) is 9.51. The van der Waals surface area contributed by atoms with E-state index in [1.165, 1.54) is 42.7 Å². The molecular formula is C23H28N2O8S. The molecule has 0 radical (unpaired) electrons. The van der Waals surface area contributed by atoms with Gasteiger partial charge in [-0.15, -0.1) is 0 Å². The summed E-state index contributed by atoms with van der Waals surface area (Å²) in [5.41, 5.74) is 1.10. The lowest BCUT2D eigenvalue weighted by Crippen LogP contribution is -2.51. The molecule has 0 saturated carbocycles. The van der Waals surface area contributed by atoms with E-state index in [2.05, 4.69) is 0 Å². The first kappa shape index (κ1) is 25.3. The maximum Gasteiger partial charge on any atom is 0.338 e. The second-order valence-electron chi connectivity index (χ2n) is 7.59. The molecule has 0 spiro atoms. The van der Waals surface area contributed by atoms with E-state index >= 15 is 0 Å². The number of carbonyl (C=O) groups is 2. The Balaban J connectivity index is 1.57. The van der Waals surface area contributed by atoms with E-state index in [9.17, 15) is 18.0 Å². The van der Waals surface area contributed by atoms with Gasteiger partial charge in [0.2, 0.25) is 15.8 Å². The fraction of sp³-hybridized carbons (Fsp3) is 0.391. The molecule has 0 unspecified atom stereocenters. The number of carbonyl (C=O) groups excluding carboxylic acids is 2. The highest BCUT2D eigenvalue weighted by Crippen LogP contribution is 2.38. The van der Waals surface area contributed by atoms with Gasteiger partial charge in [0.1, 0.15) is 0 Å². The van der Waals surface area contributed by atoms with Crippen LogP contribution in [-0.4, -0.2) is 83.6 Å². The number of nitrogens with zero attached hydrogens (tertiary/aromatic N) is 2. The summed E-state index contributed by atoms with van der Waals surface area (Å²) in [4.78, 5) is 26.8. The molecule has 1 aliphatic heterocycles. The zero-order valence-corrected chi connectivity index (χ0v) is 20.4. The third kappa shape index (κ3) is 5.42. The van der Waals surface area contributed by atoms with Crippen LogP contribution in [0.4, 0.5) is 0 Å². The van der Waals surface area contributed by atoms with Gasteiger partial charge in [-0.1, -0.05) is 17.7 Å². The number of piperazine rings is 1. The molecule has 0 bridgehead atoms. The number of methoxy groups -OCH3 is 3. The summed E-state index contributed by atoms with van der Waals surface area (Å²) in [7, 11) is 0.665. The lowest BCUT2D eigenvalue weighted by Gasteiger charge is -2.33. The number of esters is 1. The minimum absolute atomic E-state index is 0.135. The summed E-state index contributed by atoms with van der Waals surface area (Å²) in [5, 5.41) is 0. The first-order valence-electron chi connectivity index (χ1n) is 10.5. The first-order valence-corrected chi connectivity index (χ1v) is 12.0. The average molecular weight is 493 g/mol. The fourth-order valence-electron chi connectivity index (χ4n) is 3.54. The van der Waals surface area contributed by atoms with Crippen LogP contribution in [0.1, 0.15) is 15.9 Å². The van der Waals surface area contributed by atoms with Crippen molar-refractivity contribution in [2.45, 2.75) is 11.8 Å². The number of benzene rings is 2. The van der Waals surface area contributed by atoms with Gasteiger partial charge in [0.05, 0.1) is 31.8 Å². The van der Waals surface area contributed by atoms with E-state index in [0.29, 0.717) is 5.75 Å². The molecular weight excluding hydrogens is 464 g/mol. The van der Waals surface area contributed by atoms with E-state index in [1.54, 1.807) is 24.3 Å². The molecule has 1 saturated heterocycles. The summed E-state index contributed by atoms with van der Waals surface area (Å²) in [6.45, 7) is 2.12. The van der Waals surface area contributed by atoms with Crippen molar-refractivity contribution in [1.82, 2.24) is 9.21 Å². The predicted octanol–water partition coefficient (Wildman–Crippen LogP) is 1.71. The molecule has 1 fully saturated rings. The fourth-order valence-corrected chi connectivity index (χ4v) is 4.96. The number of ether oxygens (including phenoxy) is 4. The van der Waals surface area contributed by atoms with Crippen LogP contribution in [0, 0.1) is 6.92 Å². The van der Waals surface area contributed by atoms with Crippen LogP contribution in [0.5, 0.6) is 17.2 Å². The molecule has 1 aliphatic rings. The van der Waals surface area contributed by atoms with Gasteiger partial charge in [-0.3, -0.25) is 4.79 Å². The maximum absolute atomic E-state index is 12.8. The van der Waals surface area contributed by atoms with Crippen LogP contribution in [0.15, 0.2) is 41.3 Å². The number of rotatable bonds is 8. The Labute approximate surface area is 199 Å². The predicted molar refractivity (Wildman–Crippen MR) is 123 cm³/mol. The summed E-state index contributed by atoms with van der Waals surface area (Å²) in [6.07, 6.45) is 0. The van der Waals surface area contributed by atoms with E-state index in [4.69, 9.17) is 18.9 Å². The molecule has 0 aromatic heterocycles. The van der Waals surface area contributed by atoms with E-state index in [0.717, 1.165) is 5.56 Å². The number of sulfonamides is 1. The number of amides is 1. The van der Waals surface area contributed by atoms with Crippen LogP contribution in [0.25, 0.3) is 0 Å². The van der Waals surface area contributed by atoms with Crippen LogP contribution >= 0.6 is 0 Å². The normalized spacial score (nSPS) is 14.4. The molecule has 1 amide bonds. The monoisotopic (exact) mass is 492 g/mol. The van der Waals surface area contributed by atoms with Crippen molar-refractivity contribution in [2.24, 2.45) is 0 Å². The Hall–Kier alpha value is -3.31. The highest BCUT2D eigenvalue weighted by Gasteiger charge is 2.30. The Morgan fingerprint density at radius 3 is 1.94 bits per heavy atom. The lowest BCUT2D eigenvalue weighted by atomic mass is 10.2. The molecule has 2 aromatic rings. The molecule has 3 rings (SSSR count). The second-order valence-corrected chi connectivity index (χ2v) is 9.53. The lowest BCUT2D eigenvalue weighted by molar-refractivity contribution is -0.135. The van der Waals surface area contributed by atoms with Crippen molar-refractivity contribution >= 4 is 21.9 Å². The average Bonchev–Trinajstić information content (AvgIpc) is 2.86. The van der Waals surface area contributed by atoms with Gasteiger partial charge in [-0.2, -0.15) is 4.31 Å². The van der Waals surface area contributed by atoms with Gasteiger partial charge in [-0.05, 0) is 31.2 Å². The Bertz CT molecular complexity index is 1120. The zero-order chi connectivity index (χ0) is 24.9. The van der Waals surface area contributed by atoms with Crippen molar-refractivity contribution in [2.75, 3.05) is 54.1 Å². The van der Waals surface area contributed by atoms with Crippen molar-refractivity contribution in [3.8, 4) is 17.2 Å². The Morgan fingerprint density at radius 1 is 0.882 bits per heavy atom. The molecule has 2 aromatic carbocycles. The minimum atomic E-state index is -3.63. The van der Waals surface area contributed by atoms with Gasteiger partial charge in [-0.25, -0.2) is 13.2 Å². The number of aryl methyl sites for hydroxylation is 1. The highest BCUT2D eigenvalue weighted by atomic mass is 32.2. The molecule has 0 aliphatic carbocycles. The largest absolute Gasteiger partial charge is 0.493 e. The van der Waals surface area contributed by atoms with E-state index in [-0.39, 0.29) is 48.1 Å². The van der Waals surface area contributed by atoms with Gasteiger partial charge in [0, 0.05) is 26.2 Å². The molecule has 184 valence electrons. The number of hydrogen-bond acceptors (Lipinski definition) is 8. The van der Waals surface area contributed by atoms with Crippen LogP contribution in [-0.2, 0) is 19.6 Å². The number of hydrogen-bond donors (Lipinski definition) is 0. The molecule has 11 heteroatoms. The third-order valence-corrected chi connectivity index (χ3v) is 7.39. The van der Waals surface area contributed by atoms with E-state index in [1.807, 2.05) is 6.92 Å². The molecule has 0 N–H and O–H groups in total. The van der Waals surface area contributed by atoms with Gasteiger partial charge >= 0.3 is 5.97 Å². The summed E-state index contributed by atoms with van der Waals surface area (Å²) in [5.74, 6) is -0.241. The SMILES string of the molecule is COc1cc(C(=O)OCC(=O)N2CCN(S(=O)(=O)c3ccc(C)cc3)CC2)cc(OC)c1OC. The van der Waals surface area contributed by atoms with Crippen molar-refractivity contribution in [3.63, 3.8) is 0 Å². The van der Waals surface area contributed by atoms with Gasteiger partial charge in [0.15, 0.2) is 18.1 Å². The van der Waals surface area contributed by atoms with Crippen LogP contribution < -0.4 is 14.2 Å². The minimum Gasteiger partial charge on any atom is -0.493 e. The van der Waals surface area contributed by atoms with Crippen LogP contribution in [0.2, 0.25) is 0 Å². The molecule has 0 atom stereocenters. The van der Waals surface area contributed by atoms with Crippen molar-refractivity contribution in [1.29, 1.82) is 0 Å². The molecule has 1 heterocycles. The van der Waals surface area contributed by atoms with E-state index < -0.39 is 28.5 Å². The quantitative estimate of drug-likeness (QED) is 0.512. The second kappa shape index (κ2) is 10.7. The Morgan fingerprint density at radius 2 is 1.44 bits per heavy atom. The highest BCUT2D eigenvalue weighted by molar-refractivity contribution is 7.89. The van der Waals surface area contributed by atoms with Crippen molar-refractivity contribution < 1.29 is 37.0 Å². The third-order valence-electron chi connectivity index (χ3n) is 5.48.